The first-order chi connectivity index (χ1) is 10.6. The highest BCUT2D eigenvalue weighted by molar-refractivity contribution is 8.00. The van der Waals surface area contributed by atoms with E-state index in [0.717, 1.165) is 15.7 Å². The van der Waals surface area contributed by atoms with Gasteiger partial charge >= 0.3 is 0 Å². The van der Waals surface area contributed by atoms with Crippen LogP contribution in [-0.2, 0) is 9.53 Å². The Labute approximate surface area is 137 Å². The van der Waals surface area contributed by atoms with E-state index in [0.29, 0.717) is 10.9 Å². The number of rotatable bonds is 7. The second-order valence-electron chi connectivity index (χ2n) is 4.34. The van der Waals surface area contributed by atoms with Crippen LogP contribution in [0.15, 0.2) is 29.2 Å². The number of amides is 1. The van der Waals surface area contributed by atoms with Crippen LogP contribution in [0, 0.1) is 0 Å². The molecule has 0 radical (unpaired) electrons. The van der Waals surface area contributed by atoms with Gasteiger partial charge in [0.25, 0.3) is 0 Å². The highest BCUT2D eigenvalue weighted by atomic mass is 32.2. The molecule has 1 heterocycles. The molecule has 2 aromatic rings. The number of methoxy groups -OCH3 is 2. The molecule has 8 heteroatoms. The van der Waals surface area contributed by atoms with E-state index in [2.05, 4.69) is 15.5 Å². The first-order valence-electron chi connectivity index (χ1n) is 6.55. The van der Waals surface area contributed by atoms with Crippen LogP contribution in [0.3, 0.4) is 0 Å². The van der Waals surface area contributed by atoms with Crippen LogP contribution in [0.2, 0.25) is 0 Å². The summed E-state index contributed by atoms with van der Waals surface area (Å²) in [5, 5.41) is 11.9. The summed E-state index contributed by atoms with van der Waals surface area (Å²) < 4.78 is 10.3. The molecule has 1 amide bonds. The Kier molecular flexibility index (Phi) is 6.17. The summed E-state index contributed by atoms with van der Waals surface area (Å²) in [6.45, 7) is 1.88. The summed E-state index contributed by atoms with van der Waals surface area (Å²) >= 11 is 2.75. The number of hydrogen-bond acceptors (Lipinski definition) is 7. The lowest BCUT2D eigenvalue weighted by molar-refractivity contribution is -0.113. The summed E-state index contributed by atoms with van der Waals surface area (Å²) in [6.07, 6.45) is -0.130. The van der Waals surface area contributed by atoms with Crippen LogP contribution in [0.5, 0.6) is 5.75 Å². The molecule has 118 valence electrons. The Morgan fingerprint density at radius 1 is 1.41 bits per heavy atom. The molecule has 6 nitrogen and oxygen atoms in total. The minimum Gasteiger partial charge on any atom is -0.497 e. The van der Waals surface area contributed by atoms with Gasteiger partial charge in [0, 0.05) is 12.0 Å². The maximum absolute atomic E-state index is 11.9. The van der Waals surface area contributed by atoms with Gasteiger partial charge in [-0.3, -0.25) is 10.1 Å². The van der Waals surface area contributed by atoms with Gasteiger partial charge in [-0.1, -0.05) is 17.4 Å². The molecule has 1 unspecified atom stereocenters. The second kappa shape index (κ2) is 8.11. The van der Waals surface area contributed by atoms with Gasteiger partial charge in [-0.15, -0.1) is 22.0 Å². The number of ether oxygens (including phenoxy) is 2. The van der Waals surface area contributed by atoms with Crippen LogP contribution < -0.4 is 10.1 Å². The van der Waals surface area contributed by atoms with Crippen molar-refractivity contribution in [1.82, 2.24) is 10.2 Å². The van der Waals surface area contributed by atoms with E-state index in [1.54, 1.807) is 14.2 Å². The third-order valence-corrected chi connectivity index (χ3v) is 4.79. The van der Waals surface area contributed by atoms with E-state index in [1.807, 2.05) is 31.2 Å². The summed E-state index contributed by atoms with van der Waals surface area (Å²) in [4.78, 5) is 12.9. The van der Waals surface area contributed by atoms with E-state index in [9.17, 15) is 4.79 Å². The fraction of sp³-hybridized carbons (Fsp3) is 0.357. The second-order valence-corrected chi connectivity index (χ2v) is 6.40. The molecule has 0 aliphatic heterocycles. The normalized spacial score (nSPS) is 12.0. The van der Waals surface area contributed by atoms with Crippen molar-refractivity contribution in [3.8, 4) is 5.75 Å². The van der Waals surface area contributed by atoms with E-state index >= 15 is 0 Å². The lowest BCUT2D eigenvalue weighted by Gasteiger charge is -2.04. The first-order valence-corrected chi connectivity index (χ1v) is 8.35. The number of carbonyl (C=O) groups is 1. The highest BCUT2D eigenvalue weighted by Gasteiger charge is 2.13. The molecule has 0 fully saturated rings. The number of aromatic nitrogens is 2. The Hall–Kier alpha value is -1.64. The molecular weight excluding hydrogens is 322 g/mol. The molecule has 1 atom stereocenters. The zero-order valence-electron chi connectivity index (χ0n) is 12.5. The Morgan fingerprint density at radius 2 is 2.23 bits per heavy atom. The maximum atomic E-state index is 11.9. The van der Waals surface area contributed by atoms with Crippen molar-refractivity contribution in [2.75, 3.05) is 25.3 Å². The summed E-state index contributed by atoms with van der Waals surface area (Å²) in [5.41, 5.74) is 0. The van der Waals surface area contributed by atoms with E-state index in [4.69, 9.17) is 9.47 Å². The molecule has 0 aliphatic carbocycles. The van der Waals surface area contributed by atoms with Crippen molar-refractivity contribution >= 4 is 34.1 Å². The van der Waals surface area contributed by atoms with Crippen LogP contribution in [0.25, 0.3) is 0 Å². The van der Waals surface area contributed by atoms with Crippen molar-refractivity contribution in [2.45, 2.75) is 17.9 Å². The lowest BCUT2D eigenvalue weighted by Crippen LogP contribution is -2.13. The Balaban J connectivity index is 1.86. The van der Waals surface area contributed by atoms with Crippen LogP contribution in [-0.4, -0.2) is 36.1 Å². The zero-order valence-corrected chi connectivity index (χ0v) is 14.2. The molecular formula is C14H17N3O3S2. The number of hydrogen-bond donors (Lipinski definition) is 1. The number of nitrogens with one attached hydrogen (secondary N) is 1. The molecule has 22 heavy (non-hydrogen) atoms. The maximum Gasteiger partial charge on any atom is 0.236 e. The van der Waals surface area contributed by atoms with Gasteiger partial charge in [-0.25, -0.2) is 0 Å². The summed E-state index contributed by atoms with van der Waals surface area (Å²) in [5.74, 6) is 0.940. The minimum absolute atomic E-state index is 0.124. The topological polar surface area (TPSA) is 73.3 Å². The van der Waals surface area contributed by atoms with Gasteiger partial charge in [-0.2, -0.15) is 0 Å². The highest BCUT2D eigenvalue weighted by Crippen LogP contribution is 2.25. The summed E-state index contributed by atoms with van der Waals surface area (Å²) in [6, 6.07) is 7.58. The van der Waals surface area contributed by atoms with Gasteiger partial charge in [-0.05, 0) is 25.1 Å². The number of nitrogens with zero attached hydrogens (tertiary/aromatic N) is 2. The van der Waals surface area contributed by atoms with Gasteiger partial charge in [0.1, 0.15) is 16.9 Å². The van der Waals surface area contributed by atoms with E-state index < -0.39 is 0 Å². The predicted molar refractivity (Wildman–Crippen MR) is 87.7 cm³/mol. The zero-order chi connectivity index (χ0) is 15.9. The average molecular weight is 339 g/mol. The molecule has 1 aromatic heterocycles. The average Bonchev–Trinajstić information content (AvgIpc) is 3.00. The molecule has 1 N–H and O–H groups in total. The van der Waals surface area contributed by atoms with Crippen LogP contribution >= 0.6 is 23.1 Å². The van der Waals surface area contributed by atoms with Gasteiger partial charge in [0.15, 0.2) is 0 Å². The lowest BCUT2D eigenvalue weighted by atomic mass is 10.3. The van der Waals surface area contributed by atoms with Crippen LogP contribution in [0.4, 0.5) is 5.13 Å². The molecule has 0 saturated carbocycles. The molecule has 0 saturated heterocycles. The summed E-state index contributed by atoms with van der Waals surface area (Å²) in [7, 11) is 3.22. The van der Waals surface area contributed by atoms with Crippen molar-refractivity contribution in [2.24, 2.45) is 0 Å². The molecule has 0 bridgehead atoms. The number of thioether (sulfide) groups is 1. The number of carbonyl (C=O) groups excluding carboxylic acids is 1. The predicted octanol–water partition coefficient (Wildman–Crippen LogP) is 2.98. The fourth-order valence-corrected chi connectivity index (χ4v) is 3.08. The van der Waals surface area contributed by atoms with Crippen molar-refractivity contribution < 1.29 is 14.3 Å². The fourth-order valence-electron chi connectivity index (χ4n) is 1.55. The standard InChI is InChI=1S/C14H17N3O3S2/c1-9(19-2)13-16-17-14(22-13)15-12(18)8-21-11-6-4-5-10(7-11)20-3/h4-7,9H,8H2,1-3H3,(H,15,17,18). The van der Waals surface area contributed by atoms with Gasteiger partial charge in [0.2, 0.25) is 11.0 Å². The van der Waals surface area contributed by atoms with Crippen molar-refractivity contribution in [3.05, 3.63) is 29.3 Å². The Bertz CT molecular complexity index is 633. The SMILES string of the molecule is COc1cccc(SCC(=O)Nc2nnc(C(C)OC)s2)c1. The third-order valence-electron chi connectivity index (χ3n) is 2.80. The number of anilines is 1. The van der Waals surface area contributed by atoms with Crippen molar-refractivity contribution in [1.29, 1.82) is 0 Å². The van der Waals surface area contributed by atoms with Crippen LogP contribution in [0.1, 0.15) is 18.0 Å². The molecule has 0 aliphatic rings. The molecule has 2 rings (SSSR count). The third kappa shape index (κ3) is 4.69. The largest absolute Gasteiger partial charge is 0.497 e. The van der Waals surface area contributed by atoms with Gasteiger partial charge in [0.05, 0.1) is 12.9 Å². The quantitative estimate of drug-likeness (QED) is 0.782. The van der Waals surface area contributed by atoms with Crippen molar-refractivity contribution in [3.63, 3.8) is 0 Å². The minimum atomic E-state index is -0.130. The smallest absolute Gasteiger partial charge is 0.236 e. The van der Waals surface area contributed by atoms with Gasteiger partial charge < -0.3 is 9.47 Å². The van der Waals surface area contributed by atoms with E-state index in [1.165, 1.54) is 23.1 Å². The van der Waals surface area contributed by atoms with E-state index in [-0.39, 0.29) is 12.0 Å². The first kappa shape index (κ1) is 16.7. The number of benzene rings is 1. The Morgan fingerprint density at radius 3 is 2.95 bits per heavy atom. The molecule has 0 spiro atoms. The molecule has 1 aromatic carbocycles. The monoisotopic (exact) mass is 339 g/mol.